The molecule has 0 spiro atoms. The summed E-state index contributed by atoms with van der Waals surface area (Å²) in [7, 11) is 0. The van der Waals surface area contributed by atoms with Gasteiger partial charge in [0.25, 0.3) is 0 Å². The van der Waals surface area contributed by atoms with Crippen molar-refractivity contribution in [1.82, 2.24) is 0 Å². The number of ether oxygens (including phenoxy) is 4. The van der Waals surface area contributed by atoms with Crippen LogP contribution < -0.4 is 0 Å². The Balaban J connectivity index is 1.61. The fourth-order valence-corrected chi connectivity index (χ4v) is 3.07. The van der Waals surface area contributed by atoms with Gasteiger partial charge in [0.05, 0.1) is 23.7 Å². The predicted molar refractivity (Wildman–Crippen MR) is 102 cm³/mol. The largest absolute Gasteiger partial charge is 0.462 e. The van der Waals surface area contributed by atoms with Crippen LogP contribution in [0, 0.1) is 5.92 Å². The third-order valence-electron chi connectivity index (χ3n) is 4.55. The molecule has 152 valence electrons. The van der Waals surface area contributed by atoms with Gasteiger partial charge in [0, 0.05) is 6.92 Å². The Morgan fingerprint density at radius 2 is 1.38 bits per heavy atom. The summed E-state index contributed by atoms with van der Waals surface area (Å²) in [6.07, 6.45) is -1.15. The van der Waals surface area contributed by atoms with Gasteiger partial charge in [-0.05, 0) is 24.3 Å². The molecule has 0 amide bonds. The number of hydrogen-bond donors (Lipinski definition) is 0. The van der Waals surface area contributed by atoms with Crippen molar-refractivity contribution < 1.29 is 33.3 Å². The third kappa shape index (κ3) is 5.65. The van der Waals surface area contributed by atoms with Crippen LogP contribution in [0.25, 0.3) is 0 Å². The molecule has 1 saturated heterocycles. The van der Waals surface area contributed by atoms with Crippen LogP contribution in [0.15, 0.2) is 60.7 Å². The zero-order valence-electron chi connectivity index (χ0n) is 16.0. The van der Waals surface area contributed by atoms with Crippen molar-refractivity contribution in [3.8, 4) is 0 Å². The standard InChI is InChI=1S/C22H22O7/c1-15(23)29-20-14-26-19(13-28-22(25)17-10-6-3-7-11-17)18(20)12-27-21(24)16-8-4-2-5-9-16/h2-11,18-20H,12-14H2,1H3/t18-,19-,20+/m1/s1. The smallest absolute Gasteiger partial charge is 0.338 e. The van der Waals surface area contributed by atoms with Crippen molar-refractivity contribution in [3.05, 3.63) is 71.8 Å². The first-order chi connectivity index (χ1) is 14.0. The summed E-state index contributed by atoms with van der Waals surface area (Å²) in [5.74, 6) is -1.88. The van der Waals surface area contributed by atoms with Gasteiger partial charge in [0.1, 0.15) is 25.4 Å². The van der Waals surface area contributed by atoms with Gasteiger partial charge in [-0.1, -0.05) is 36.4 Å². The highest BCUT2D eigenvalue weighted by Crippen LogP contribution is 2.26. The van der Waals surface area contributed by atoms with E-state index in [-0.39, 0.29) is 19.8 Å². The van der Waals surface area contributed by atoms with Crippen molar-refractivity contribution in [3.63, 3.8) is 0 Å². The molecule has 1 aliphatic heterocycles. The molecule has 0 radical (unpaired) electrons. The number of rotatable bonds is 7. The molecule has 0 unspecified atom stereocenters. The minimum Gasteiger partial charge on any atom is -0.462 e. The average molecular weight is 398 g/mol. The van der Waals surface area contributed by atoms with Crippen molar-refractivity contribution in [1.29, 1.82) is 0 Å². The summed E-state index contributed by atoms with van der Waals surface area (Å²) >= 11 is 0. The van der Waals surface area contributed by atoms with Gasteiger partial charge in [0.2, 0.25) is 0 Å². The lowest BCUT2D eigenvalue weighted by Crippen LogP contribution is -2.35. The van der Waals surface area contributed by atoms with E-state index in [2.05, 4.69) is 0 Å². The van der Waals surface area contributed by atoms with E-state index in [9.17, 15) is 14.4 Å². The Labute approximate surface area is 168 Å². The Morgan fingerprint density at radius 3 is 1.90 bits per heavy atom. The zero-order chi connectivity index (χ0) is 20.6. The van der Waals surface area contributed by atoms with Crippen LogP contribution >= 0.6 is 0 Å². The molecule has 29 heavy (non-hydrogen) atoms. The van der Waals surface area contributed by atoms with Gasteiger partial charge in [-0.2, -0.15) is 0 Å². The monoisotopic (exact) mass is 398 g/mol. The third-order valence-corrected chi connectivity index (χ3v) is 4.55. The maximum Gasteiger partial charge on any atom is 0.338 e. The van der Waals surface area contributed by atoms with E-state index in [0.717, 1.165) is 0 Å². The van der Waals surface area contributed by atoms with Crippen molar-refractivity contribution in [2.24, 2.45) is 5.92 Å². The molecular formula is C22H22O7. The van der Waals surface area contributed by atoms with Gasteiger partial charge >= 0.3 is 17.9 Å². The Bertz CT molecular complexity index is 835. The highest BCUT2D eigenvalue weighted by Gasteiger charge is 2.41. The summed E-state index contributed by atoms with van der Waals surface area (Å²) in [5, 5.41) is 0. The summed E-state index contributed by atoms with van der Waals surface area (Å²) in [6, 6.07) is 17.2. The summed E-state index contributed by atoms with van der Waals surface area (Å²) in [6.45, 7) is 1.37. The molecule has 7 nitrogen and oxygen atoms in total. The van der Waals surface area contributed by atoms with Crippen LogP contribution in [0.4, 0.5) is 0 Å². The van der Waals surface area contributed by atoms with Crippen LogP contribution in [-0.4, -0.2) is 49.9 Å². The van der Waals surface area contributed by atoms with E-state index >= 15 is 0 Å². The maximum atomic E-state index is 12.2. The molecule has 0 aliphatic carbocycles. The van der Waals surface area contributed by atoms with Crippen molar-refractivity contribution in [2.75, 3.05) is 19.8 Å². The minimum absolute atomic E-state index is 0.0285. The lowest BCUT2D eigenvalue weighted by Gasteiger charge is -2.22. The second-order valence-corrected chi connectivity index (χ2v) is 6.61. The Hall–Kier alpha value is -3.19. The molecule has 1 fully saturated rings. The molecule has 3 atom stereocenters. The Morgan fingerprint density at radius 1 is 0.862 bits per heavy atom. The van der Waals surface area contributed by atoms with Crippen LogP contribution in [0.5, 0.6) is 0 Å². The molecule has 2 aromatic rings. The normalized spacial score (nSPS) is 20.7. The SMILES string of the molecule is CC(=O)O[C@H]1CO[C@H](COC(=O)c2ccccc2)[C@H]1COC(=O)c1ccccc1. The van der Waals surface area contributed by atoms with E-state index < -0.39 is 36.0 Å². The fourth-order valence-electron chi connectivity index (χ4n) is 3.07. The van der Waals surface area contributed by atoms with E-state index in [1.54, 1.807) is 60.7 Å². The second-order valence-electron chi connectivity index (χ2n) is 6.61. The second kappa shape index (κ2) is 9.84. The molecule has 0 aromatic heterocycles. The van der Waals surface area contributed by atoms with Gasteiger partial charge < -0.3 is 18.9 Å². The van der Waals surface area contributed by atoms with Crippen LogP contribution in [0.2, 0.25) is 0 Å². The van der Waals surface area contributed by atoms with Gasteiger partial charge in [-0.3, -0.25) is 4.79 Å². The van der Waals surface area contributed by atoms with E-state index in [1.165, 1.54) is 6.92 Å². The summed E-state index contributed by atoms with van der Waals surface area (Å²) < 4.78 is 21.7. The molecular weight excluding hydrogens is 376 g/mol. The number of esters is 3. The molecule has 1 heterocycles. The van der Waals surface area contributed by atoms with E-state index in [1.807, 2.05) is 0 Å². The van der Waals surface area contributed by atoms with Crippen LogP contribution in [-0.2, 0) is 23.7 Å². The van der Waals surface area contributed by atoms with Crippen molar-refractivity contribution in [2.45, 2.75) is 19.1 Å². The van der Waals surface area contributed by atoms with Gasteiger partial charge in [-0.15, -0.1) is 0 Å². The first-order valence-electron chi connectivity index (χ1n) is 9.27. The van der Waals surface area contributed by atoms with E-state index in [4.69, 9.17) is 18.9 Å². The average Bonchev–Trinajstić information content (AvgIpc) is 3.12. The molecule has 0 N–H and O–H groups in total. The number of carbonyl (C=O) groups is 3. The van der Waals surface area contributed by atoms with Crippen LogP contribution in [0.3, 0.4) is 0 Å². The van der Waals surface area contributed by atoms with E-state index in [0.29, 0.717) is 11.1 Å². The molecule has 0 bridgehead atoms. The molecule has 1 aliphatic rings. The maximum absolute atomic E-state index is 12.2. The fraction of sp³-hybridized carbons (Fsp3) is 0.318. The van der Waals surface area contributed by atoms with Crippen molar-refractivity contribution >= 4 is 17.9 Å². The van der Waals surface area contributed by atoms with Crippen LogP contribution in [0.1, 0.15) is 27.6 Å². The minimum atomic E-state index is -0.587. The van der Waals surface area contributed by atoms with Gasteiger partial charge in [-0.25, -0.2) is 9.59 Å². The predicted octanol–water partition coefficient (Wildman–Crippen LogP) is 2.65. The summed E-state index contributed by atoms with van der Waals surface area (Å²) in [5.41, 5.74) is 0.844. The first-order valence-corrected chi connectivity index (χ1v) is 9.27. The number of hydrogen-bond acceptors (Lipinski definition) is 7. The molecule has 3 rings (SSSR count). The zero-order valence-corrected chi connectivity index (χ0v) is 16.0. The highest BCUT2D eigenvalue weighted by atomic mass is 16.6. The van der Waals surface area contributed by atoms with Gasteiger partial charge in [0.15, 0.2) is 0 Å². The quantitative estimate of drug-likeness (QED) is 0.523. The highest BCUT2D eigenvalue weighted by molar-refractivity contribution is 5.89. The number of benzene rings is 2. The molecule has 0 saturated carbocycles. The topological polar surface area (TPSA) is 88.1 Å². The lowest BCUT2D eigenvalue weighted by molar-refractivity contribution is -0.148. The first kappa shape index (κ1) is 20.5. The number of carbonyl (C=O) groups excluding carboxylic acids is 3. The summed E-state index contributed by atoms with van der Waals surface area (Å²) in [4.78, 5) is 35.8. The Kier molecular flexibility index (Phi) is 6.97. The molecule has 7 heteroatoms. The lowest BCUT2D eigenvalue weighted by atomic mass is 10.0. The molecule has 2 aromatic carbocycles.